The van der Waals surface area contributed by atoms with Crippen LogP contribution in [0, 0.1) is 5.92 Å². The lowest BCUT2D eigenvalue weighted by atomic mass is 10.0. The third kappa shape index (κ3) is 1.94. The average Bonchev–Trinajstić information content (AvgIpc) is 2.74. The molecule has 82 valence electrons. The van der Waals surface area contributed by atoms with Crippen molar-refractivity contribution in [2.24, 2.45) is 5.92 Å². The van der Waals surface area contributed by atoms with E-state index in [0.717, 1.165) is 18.7 Å². The lowest BCUT2D eigenvalue weighted by Gasteiger charge is -2.03. The molecule has 0 spiro atoms. The summed E-state index contributed by atoms with van der Waals surface area (Å²) in [4.78, 5) is 15.6. The number of Topliss-reactive ketones (excluding diaryl/α,β-unsaturated/α-hetero) is 1. The first-order valence-electron chi connectivity index (χ1n) is 5.47. The normalized spacial score (nSPS) is 26.3. The number of rotatable bonds is 4. The number of ketones is 1. The number of carbonyl (C=O) groups excluding carboxylic acids is 1. The molecule has 15 heavy (non-hydrogen) atoms. The van der Waals surface area contributed by atoms with Crippen LogP contribution in [-0.2, 0) is 4.79 Å². The summed E-state index contributed by atoms with van der Waals surface area (Å²) in [7, 11) is 0. The zero-order chi connectivity index (χ0) is 11.0. The van der Waals surface area contributed by atoms with Gasteiger partial charge in [0, 0.05) is 5.92 Å². The molecule has 1 aromatic rings. The maximum Gasteiger partial charge on any atom is 0.237 e. The van der Waals surface area contributed by atoms with E-state index in [9.17, 15) is 4.79 Å². The maximum atomic E-state index is 11.3. The fourth-order valence-corrected chi connectivity index (χ4v) is 1.86. The van der Waals surface area contributed by atoms with Gasteiger partial charge in [0.05, 0.1) is 5.92 Å². The molecule has 1 aliphatic rings. The summed E-state index contributed by atoms with van der Waals surface area (Å²) in [5.74, 6) is 2.24. The predicted molar refractivity (Wildman–Crippen MR) is 54.5 cm³/mol. The van der Waals surface area contributed by atoms with Crippen molar-refractivity contribution in [1.29, 1.82) is 0 Å². The minimum absolute atomic E-state index is 0.0940. The second kappa shape index (κ2) is 3.76. The minimum atomic E-state index is -0.222. The summed E-state index contributed by atoms with van der Waals surface area (Å²) < 4.78 is 5.15. The molecule has 1 fully saturated rings. The summed E-state index contributed by atoms with van der Waals surface area (Å²) >= 11 is 0. The van der Waals surface area contributed by atoms with Crippen molar-refractivity contribution in [3.63, 3.8) is 0 Å². The minimum Gasteiger partial charge on any atom is -0.339 e. The van der Waals surface area contributed by atoms with Crippen molar-refractivity contribution < 1.29 is 9.32 Å². The Balaban J connectivity index is 2.15. The first-order chi connectivity index (χ1) is 7.13. The van der Waals surface area contributed by atoms with E-state index in [1.807, 2.05) is 6.92 Å². The molecule has 0 aromatic carbocycles. The van der Waals surface area contributed by atoms with E-state index in [4.69, 9.17) is 4.52 Å². The molecule has 0 amide bonds. The van der Waals surface area contributed by atoms with Crippen LogP contribution in [0.4, 0.5) is 0 Å². The Labute approximate surface area is 89.1 Å². The summed E-state index contributed by atoms with van der Waals surface area (Å²) in [6.07, 6.45) is 1.85. The number of aromatic nitrogens is 2. The van der Waals surface area contributed by atoms with E-state index in [1.165, 1.54) is 0 Å². The third-order valence-electron chi connectivity index (χ3n) is 3.10. The van der Waals surface area contributed by atoms with E-state index in [0.29, 0.717) is 17.7 Å². The highest BCUT2D eigenvalue weighted by atomic mass is 16.5. The third-order valence-corrected chi connectivity index (χ3v) is 3.10. The molecule has 0 radical (unpaired) electrons. The van der Waals surface area contributed by atoms with Crippen LogP contribution in [0.25, 0.3) is 0 Å². The van der Waals surface area contributed by atoms with Gasteiger partial charge in [-0.05, 0) is 25.7 Å². The Morgan fingerprint density at radius 3 is 2.80 bits per heavy atom. The standard InChI is InChI=1S/C11H16N2O2/c1-4-8(7(3)14)11-12-10(13-15-11)9-5-6(9)2/h6,8-9H,4-5H2,1-3H3. The molecule has 0 bridgehead atoms. The van der Waals surface area contributed by atoms with E-state index in [2.05, 4.69) is 17.1 Å². The largest absolute Gasteiger partial charge is 0.339 e. The van der Waals surface area contributed by atoms with Gasteiger partial charge in [-0.15, -0.1) is 0 Å². The molecule has 0 aliphatic heterocycles. The fraction of sp³-hybridized carbons (Fsp3) is 0.727. The van der Waals surface area contributed by atoms with Crippen molar-refractivity contribution in [3.05, 3.63) is 11.7 Å². The number of hydrogen-bond donors (Lipinski definition) is 0. The van der Waals surface area contributed by atoms with Crippen molar-refractivity contribution >= 4 is 5.78 Å². The van der Waals surface area contributed by atoms with Gasteiger partial charge in [-0.25, -0.2) is 0 Å². The first-order valence-corrected chi connectivity index (χ1v) is 5.47. The van der Waals surface area contributed by atoms with Crippen molar-refractivity contribution in [3.8, 4) is 0 Å². The highest BCUT2D eigenvalue weighted by Gasteiger charge is 2.38. The Morgan fingerprint density at radius 2 is 2.33 bits per heavy atom. The molecule has 1 aromatic heterocycles. The van der Waals surface area contributed by atoms with Crippen LogP contribution in [0.2, 0.25) is 0 Å². The molecule has 1 heterocycles. The van der Waals surface area contributed by atoms with E-state index >= 15 is 0 Å². The quantitative estimate of drug-likeness (QED) is 0.761. The van der Waals surface area contributed by atoms with Crippen molar-refractivity contribution in [1.82, 2.24) is 10.1 Å². The van der Waals surface area contributed by atoms with Crippen LogP contribution in [-0.4, -0.2) is 15.9 Å². The van der Waals surface area contributed by atoms with E-state index in [1.54, 1.807) is 6.92 Å². The Hall–Kier alpha value is -1.19. The van der Waals surface area contributed by atoms with Crippen LogP contribution in [0.1, 0.15) is 57.2 Å². The van der Waals surface area contributed by atoms with Crippen molar-refractivity contribution in [2.45, 2.75) is 45.4 Å². The van der Waals surface area contributed by atoms with E-state index < -0.39 is 0 Å². The lowest BCUT2D eigenvalue weighted by Crippen LogP contribution is -2.07. The zero-order valence-corrected chi connectivity index (χ0v) is 9.36. The fourth-order valence-electron chi connectivity index (χ4n) is 1.86. The second-order valence-corrected chi connectivity index (χ2v) is 4.38. The molecule has 4 nitrogen and oxygen atoms in total. The molecule has 3 atom stereocenters. The molecular weight excluding hydrogens is 192 g/mol. The second-order valence-electron chi connectivity index (χ2n) is 4.38. The van der Waals surface area contributed by atoms with Gasteiger partial charge in [-0.2, -0.15) is 4.98 Å². The summed E-state index contributed by atoms with van der Waals surface area (Å²) in [6.45, 7) is 5.69. The smallest absolute Gasteiger partial charge is 0.237 e. The SMILES string of the molecule is CCC(C(C)=O)c1nc(C2CC2C)no1. The average molecular weight is 208 g/mol. The summed E-state index contributed by atoms with van der Waals surface area (Å²) in [5.41, 5.74) is 0. The zero-order valence-electron chi connectivity index (χ0n) is 9.36. The van der Waals surface area contributed by atoms with Crippen LogP contribution in [0.3, 0.4) is 0 Å². The summed E-state index contributed by atoms with van der Waals surface area (Å²) in [6, 6.07) is 0. The first kappa shape index (κ1) is 10.3. The Morgan fingerprint density at radius 1 is 1.67 bits per heavy atom. The molecule has 2 rings (SSSR count). The van der Waals surface area contributed by atoms with Gasteiger partial charge in [0.1, 0.15) is 5.78 Å². The van der Waals surface area contributed by atoms with Gasteiger partial charge in [0.2, 0.25) is 5.89 Å². The molecule has 1 saturated carbocycles. The van der Waals surface area contributed by atoms with Gasteiger partial charge in [-0.1, -0.05) is 19.0 Å². The van der Waals surface area contributed by atoms with Gasteiger partial charge in [0.25, 0.3) is 0 Å². The Kier molecular flexibility index (Phi) is 2.59. The highest BCUT2D eigenvalue weighted by Crippen LogP contribution is 2.45. The predicted octanol–water partition coefficient (Wildman–Crippen LogP) is 2.28. The lowest BCUT2D eigenvalue weighted by molar-refractivity contribution is -0.119. The summed E-state index contributed by atoms with van der Waals surface area (Å²) in [5, 5.41) is 3.94. The molecule has 3 unspecified atom stereocenters. The number of nitrogens with zero attached hydrogens (tertiary/aromatic N) is 2. The van der Waals surface area contributed by atoms with Gasteiger partial charge >= 0.3 is 0 Å². The van der Waals surface area contributed by atoms with Crippen LogP contribution >= 0.6 is 0 Å². The molecular formula is C11H16N2O2. The van der Waals surface area contributed by atoms with Gasteiger partial charge in [-0.3, -0.25) is 4.79 Å². The molecule has 1 aliphatic carbocycles. The molecule has 4 heteroatoms. The molecule has 0 saturated heterocycles. The van der Waals surface area contributed by atoms with Crippen LogP contribution in [0.15, 0.2) is 4.52 Å². The topological polar surface area (TPSA) is 56.0 Å². The van der Waals surface area contributed by atoms with Crippen LogP contribution in [0.5, 0.6) is 0 Å². The molecule has 0 N–H and O–H groups in total. The van der Waals surface area contributed by atoms with Crippen LogP contribution < -0.4 is 0 Å². The monoisotopic (exact) mass is 208 g/mol. The van der Waals surface area contributed by atoms with E-state index in [-0.39, 0.29) is 11.7 Å². The van der Waals surface area contributed by atoms with Crippen molar-refractivity contribution in [2.75, 3.05) is 0 Å². The Bertz CT molecular complexity index is 372. The van der Waals surface area contributed by atoms with Gasteiger partial charge in [0.15, 0.2) is 5.82 Å². The number of carbonyl (C=O) groups is 1. The maximum absolute atomic E-state index is 11.3. The highest BCUT2D eigenvalue weighted by molar-refractivity contribution is 5.82. The van der Waals surface area contributed by atoms with Gasteiger partial charge < -0.3 is 4.52 Å². The number of hydrogen-bond acceptors (Lipinski definition) is 4.